The van der Waals surface area contributed by atoms with Gasteiger partial charge in [-0.15, -0.1) is 11.8 Å². The second kappa shape index (κ2) is 3.69. The highest BCUT2D eigenvalue weighted by molar-refractivity contribution is 8.13. The second-order valence-electron chi connectivity index (χ2n) is 0.935. The van der Waals surface area contributed by atoms with Gasteiger partial charge < -0.3 is 0 Å². The van der Waals surface area contributed by atoms with E-state index in [0.29, 0.717) is 0 Å². The smallest absolute Gasteiger partial charge is 0.172 e. The summed E-state index contributed by atoms with van der Waals surface area (Å²) in [5.41, 5.74) is 0. The summed E-state index contributed by atoms with van der Waals surface area (Å²) in [4.78, 5) is 3.43. The number of rotatable bonds is 0. The van der Waals surface area contributed by atoms with Gasteiger partial charge in [-0.3, -0.25) is 0 Å². The Morgan fingerprint density at radius 3 is 2.57 bits per heavy atom. The molecule has 0 spiro atoms. The van der Waals surface area contributed by atoms with Gasteiger partial charge in [0.15, 0.2) is 0 Å². The molecule has 0 fully saturated rings. The molecule has 0 unspecified atom stereocenters. The van der Waals surface area contributed by atoms with Gasteiger partial charge in [-0.25, -0.2) is 0 Å². The molecule has 0 atom stereocenters. The lowest BCUT2D eigenvalue weighted by atomic mass is 10.9. The van der Waals surface area contributed by atoms with E-state index in [2.05, 4.69) is 4.99 Å². The zero-order chi connectivity index (χ0) is 5.70. The van der Waals surface area contributed by atoms with Crippen LogP contribution in [0.5, 0.6) is 0 Å². The largest absolute Gasteiger partial charge is 0.206 e. The van der Waals surface area contributed by atoms with Crippen LogP contribution in [0.25, 0.3) is 0 Å². The lowest BCUT2D eigenvalue weighted by Crippen LogP contribution is -1.76. The third-order valence-corrected chi connectivity index (χ3v) is 1.18. The average Bonchev–Trinajstić information content (AvgIpc) is 1.68. The number of nitriles is 1. The normalized spacial score (nSPS) is 10.7. The Kier molecular flexibility index (Phi) is 3.43. The Labute approximate surface area is 47.2 Å². The number of hydrogen-bond acceptors (Lipinski definition) is 3. The fourth-order valence-electron chi connectivity index (χ4n) is 0.116. The lowest BCUT2D eigenvalue weighted by Gasteiger charge is -1.81. The highest BCUT2D eigenvalue weighted by Crippen LogP contribution is 1.93. The van der Waals surface area contributed by atoms with Gasteiger partial charge in [0.2, 0.25) is 6.19 Å². The van der Waals surface area contributed by atoms with Crippen LogP contribution in [-0.2, 0) is 0 Å². The summed E-state index contributed by atoms with van der Waals surface area (Å²) in [5, 5.41) is 8.72. The minimum absolute atomic E-state index is 0.808. The van der Waals surface area contributed by atoms with E-state index < -0.39 is 0 Å². The Balaban J connectivity index is 3.56. The number of thioether (sulfide) groups is 1. The molecule has 0 aromatic carbocycles. The quantitative estimate of drug-likeness (QED) is 0.270. The van der Waals surface area contributed by atoms with Gasteiger partial charge in [0.1, 0.15) is 0 Å². The molecule has 0 aliphatic heterocycles. The summed E-state index contributed by atoms with van der Waals surface area (Å²) >= 11 is 1.48. The summed E-state index contributed by atoms with van der Waals surface area (Å²) < 4.78 is 0. The molecule has 0 rings (SSSR count). The fraction of sp³-hybridized carbons (Fsp3) is 0.500. The first kappa shape index (κ1) is 6.51. The van der Waals surface area contributed by atoms with Crippen LogP contribution in [0.3, 0.4) is 0 Å². The molecule has 0 saturated carbocycles. The van der Waals surface area contributed by atoms with Crippen molar-refractivity contribution in [3.63, 3.8) is 0 Å². The van der Waals surface area contributed by atoms with E-state index in [1.165, 1.54) is 11.8 Å². The third kappa shape index (κ3) is 3.34. The van der Waals surface area contributed by atoms with E-state index >= 15 is 0 Å². The van der Waals surface area contributed by atoms with Gasteiger partial charge in [0, 0.05) is 0 Å². The summed E-state index contributed by atoms with van der Waals surface area (Å²) in [5.74, 6) is 0. The zero-order valence-electron chi connectivity index (χ0n) is 4.30. The minimum atomic E-state index is 0.808. The lowest BCUT2D eigenvalue weighted by molar-refractivity contribution is 1.44. The maximum Gasteiger partial charge on any atom is 0.206 e. The van der Waals surface area contributed by atoms with Crippen molar-refractivity contribution in [3.05, 3.63) is 0 Å². The van der Waals surface area contributed by atoms with Crippen molar-refractivity contribution in [1.82, 2.24) is 0 Å². The van der Waals surface area contributed by atoms with E-state index in [-0.39, 0.29) is 0 Å². The second-order valence-corrected chi connectivity index (χ2v) is 1.93. The Hall–Kier alpha value is -0.490. The number of nitrogens with zero attached hydrogens (tertiary/aromatic N) is 2. The molecule has 0 amide bonds. The molecular formula is C4H6N2S. The molecule has 2 nitrogen and oxygen atoms in total. The number of hydrogen-bond donors (Lipinski definition) is 0. The van der Waals surface area contributed by atoms with Crippen LogP contribution in [0.4, 0.5) is 0 Å². The van der Waals surface area contributed by atoms with Crippen molar-refractivity contribution in [2.24, 2.45) is 4.99 Å². The van der Waals surface area contributed by atoms with Crippen LogP contribution in [0, 0.1) is 11.5 Å². The van der Waals surface area contributed by atoms with Gasteiger partial charge in [-0.05, 0) is 13.2 Å². The molecule has 7 heavy (non-hydrogen) atoms. The highest BCUT2D eigenvalue weighted by Gasteiger charge is 1.79. The van der Waals surface area contributed by atoms with E-state index in [4.69, 9.17) is 5.26 Å². The molecule has 0 heterocycles. The number of aliphatic imine (C=N–C) groups is 1. The topological polar surface area (TPSA) is 36.1 Å². The Bertz CT molecular complexity index is 111. The van der Waals surface area contributed by atoms with Crippen molar-refractivity contribution in [1.29, 1.82) is 5.26 Å². The molecule has 0 saturated heterocycles. The first-order chi connectivity index (χ1) is 3.31. The Morgan fingerprint density at radius 2 is 2.43 bits per heavy atom. The van der Waals surface area contributed by atoms with Gasteiger partial charge in [0.25, 0.3) is 0 Å². The molecule has 0 aliphatic carbocycles. The van der Waals surface area contributed by atoms with Crippen molar-refractivity contribution >= 4 is 16.8 Å². The monoisotopic (exact) mass is 114 g/mol. The Morgan fingerprint density at radius 1 is 1.86 bits per heavy atom. The summed E-state index contributed by atoms with van der Waals surface area (Å²) in [6, 6.07) is 0. The molecule has 0 N–H and O–H groups in total. The maximum atomic E-state index is 7.92. The van der Waals surface area contributed by atoms with Crippen molar-refractivity contribution in [2.75, 3.05) is 6.26 Å². The average molecular weight is 114 g/mol. The first-order valence-corrected chi connectivity index (χ1v) is 3.01. The standard InChI is InChI=1S/C4H6N2S/c1-4(7-2)6-3-5/h1-2H3/b6-4+. The summed E-state index contributed by atoms with van der Waals surface area (Å²) in [7, 11) is 0. The maximum absolute atomic E-state index is 7.92. The SMILES string of the molecule is CS/C(C)=N/C#N. The molecule has 3 heteroatoms. The van der Waals surface area contributed by atoms with Crippen LogP contribution >= 0.6 is 11.8 Å². The van der Waals surface area contributed by atoms with E-state index in [0.717, 1.165) is 5.04 Å². The molecule has 0 aromatic rings. The minimum Gasteiger partial charge on any atom is -0.172 e. The van der Waals surface area contributed by atoms with Crippen LogP contribution in [0.1, 0.15) is 6.92 Å². The first-order valence-electron chi connectivity index (χ1n) is 1.78. The molecule has 0 bridgehead atoms. The summed E-state index contributed by atoms with van der Waals surface area (Å²) in [6.07, 6.45) is 3.57. The third-order valence-electron chi connectivity index (χ3n) is 0.503. The molecule has 0 radical (unpaired) electrons. The van der Waals surface area contributed by atoms with Gasteiger partial charge in [-0.1, -0.05) is 0 Å². The predicted molar refractivity (Wildman–Crippen MR) is 32.2 cm³/mol. The molecule has 38 valence electrons. The molecule has 0 aromatic heterocycles. The van der Waals surface area contributed by atoms with Crippen molar-refractivity contribution < 1.29 is 0 Å². The molecule has 0 aliphatic rings. The van der Waals surface area contributed by atoms with Crippen LogP contribution in [0.2, 0.25) is 0 Å². The van der Waals surface area contributed by atoms with E-state index in [1.54, 1.807) is 13.1 Å². The van der Waals surface area contributed by atoms with E-state index in [9.17, 15) is 0 Å². The molecular weight excluding hydrogens is 108 g/mol. The van der Waals surface area contributed by atoms with Crippen LogP contribution in [-0.4, -0.2) is 11.3 Å². The summed E-state index contributed by atoms with van der Waals surface area (Å²) in [6.45, 7) is 1.80. The highest BCUT2D eigenvalue weighted by atomic mass is 32.2. The van der Waals surface area contributed by atoms with Crippen molar-refractivity contribution in [3.8, 4) is 6.19 Å². The van der Waals surface area contributed by atoms with Crippen LogP contribution < -0.4 is 0 Å². The predicted octanol–water partition coefficient (Wildman–Crippen LogP) is 1.25. The van der Waals surface area contributed by atoms with Crippen LogP contribution in [0.15, 0.2) is 4.99 Å². The van der Waals surface area contributed by atoms with E-state index in [1.807, 2.05) is 6.26 Å². The zero-order valence-corrected chi connectivity index (χ0v) is 5.12. The van der Waals surface area contributed by atoms with Crippen molar-refractivity contribution in [2.45, 2.75) is 6.92 Å². The van der Waals surface area contributed by atoms with Gasteiger partial charge in [-0.2, -0.15) is 10.3 Å². The van der Waals surface area contributed by atoms with Gasteiger partial charge >= 0.3 is 0 Å². The van der Waals surface area contributed by atoms with Gasteiger partial charge in [0.05, 0.1) is 5.04 Å². The fourth-order valence-corrected chi connectivity index (χ4v) is 0.248.